The van der Waals surface area contributed by atoms with Gasteiger partial charge in [0.05, 0.1) is 12.6 Å². The second kappa shape index (κ2) is 5.68. The van der Waals surface area contributed by atoms with Crippen molar-refractivity contribution in [1.29, 1.82) is 0 Å². The summed E-state index contributed by atoms with van der Waals surface area (Å²) in [4.78, 5) is 8.36. The van der Waals surface area contributed by atoms with E-state index in [0.29, 0.717) is 46.7 Å². The molecule has 1 saturated heterocycles. The molecule has 0 bridgehead atoms. The molecule has 1 unspecified atom stereocenters. The highest BCUT2D eigenvalue weighted by Crippen LogP contribution is 2.34. The van der Waals surface area contributed by atoms with Gasteiger partial charge in [0.25, 0.3) is 5.88 Å². The van der Waals surface area contributed by atoms with Crippen LogP contribution in [0.1, 0.15) is 12.5 Å². The molecule has 0 saturated carbocycles. The zero-order chi connectivity index (χ0) is 15.8. The molecule has 23 heavy (non-hydrogen) atoms. The second-order valence-electron chi connectivity index (χ2n) is 5.28. The fourth-order valence-corrected chi connectivity index (χ4v) is 2.83. The summed E-state index contributed by atoms with van der Waals surface area (Å²) < 4.78 is 13.1. The lowest BCUT2D eigenvalue weighted by Gasteiger charge is -2.08. The normalized spacial score (nSPS) is 17.7. The van der Waals surface area contributed by atoms with Gasteiger partial charge in [-0.2, -0.15) is 0 Å². The van der Waals surface area contributed by atoms with Crippen molar-refractivity contribution in [3.05, 3.63) is 35.6 Å². The molecule has 3 aromatic rings. The Morgan fingerprint density at radius 1 is 1.35 bits per heavy atom. The summed E-state index contributed by atoms with van der Waals surface area (Å²) in [5.41, 5.74) is 6.65. The average Bonchev–Trinajstić information content (AvgIpc) is 3.16. The van der Waals surface area contributed by atoms with E-state index in [-0.39, 0.29) is 6.04 Å². The lowest BCUT2D eigenvalue weighted by Crippen LogP contribution is -2.11. The predicted octanol–water partition coefficient (Wildman–Crippen LogP) is 2.82. The molecule has 1 aliphatic rings. The Kier molecular flexibility index (Phi) is 3.51. The fraction of sp³-hybridized carbons (Fsp3) is 0.267. The number of halogens is 1. The standard InChI is InChI=1S/C15H14ClN5O2/c16-9-2-1-3-11(6-9)23-15-12-13(17)18-8-19-14(12)21(20-15)10-4-5-22-7-10/h1-3,6,8,10H,4-5,7H2,(H2,17,18,19). The van der Waals surface area contributed by atoms with E-state index >= 15 is 0 Å². The number of fused-ring (bicyclic) bond motifs is 1. The third-order valence-corrected chi connectivity index (χ3v) is 3.98. The zero-order valence-corrected chi connectivity index (χ0v) is 12.9. The number of anilines is 1. The fourth-order valence-electron chi connectivity index (χ4n) is 2.65. The molecule has 2 N–H and O–H groups in total. The minimum Gasteiger partial charge on any atom is -0.437 e. The van der Waals surface area contributed by atoms with Crippen LogP contribution in [-0.4, -0.2) is 33.0 Å². The molecular formula is C15H14ClN5O2. The monoisotopic (exact) mass is 331 g/mol. The molecule has 118 valence electrons. The van der Waals surface area contributed by atoms with E-state index in [1.165, 1.54) is 6.33 Å². The molecule has 3 heterocycles. The Hall–Kier alpha value is -2.38. The van der Waals surface area contributed by atoms with Crippen molar-refractivity contribution in [1.82, 2.24) is 19.7 Å². The van der Waals surface area contributed by atoms with E-state index in [9.17, 15) is 0 Å². The number of hydrogen-bond acceptors (Lipinski definition) is 6. The van der Waals surface area contributed by atoms with E-state index in [1.807, 2.05) is 6.07 Å². The summed E-state index contributed by atoms with van der Waals surface area (Å²) in [6.45, 7) is 1.30. The summed E-state index contributed by atoms with van der Waals surface area (Å²) in [5.74, 6) is 1.28. The smallest absolute Gasteiger partial charge is 0.251 e. The molecule has 7 nitrogen and oxygen atoms in total. The number of nitrogens with zero attached hydrogens (tertiary/aromatic N) is 4. The van der Waals surface area contributed by atoms with Crippen LogP contribution in [0.4, 0.5) is 5.82 Å². The van der Waals surface area contributed by atoms with Gasteiger partial charge < -0.3 is 15.2 Å². The Labute approximate surface area is 137 Å². The van der Waals surface area contributed by atoms with E-state index in [0.717, 1.165) is 6.42 Å². The third-order valence-electron chi connectivity index (χ3n) is 3.75. The van der Waals surface area contributed by atoms with Gasteiger partial charge in [0, 0.05) is 11.6 Å². The molecular weight excluding hydrogens is 318 g/mol. The lowest BCUT2D eigenvalue weighted by atomic mass is 10.2. The molecule has 8 heteroatoms. The van der Waals surface area contributed by atoms with Crippen LogP contribution in [0.15, 0.2) is 30.6 Å². The van der Waals surface area contributed by atoms with Crippen molar-refractivity contribution in [3.63, 3.8) is 0 Å². The van der Waals surface area contributed by atoms with Gasteiger partial charge in [0.2, 0.25) is 0 Å². The van der Waals surface area contributed by atoms with Gasteiger partial charge >= 0.3 is 0 Å². The second-order valence-corrected chi connectivity index (χ2v) is 5.72. The van der Waals surface area contributed by atoms with Crippen LogP contribution in [0.2, 0.25) is 5.02 Å². The maximum absolute atomic E-state index is 6.01. The Morgan fingerprint density at radius 2 is 2.26 bits per heavy atom. The van der Waals surface area contributed by atoms with Crippen LogP contribution in [0.25, 0.3) is 11.0 Å². The topological polar surface area (TPSA) is 88.1 Å². The van der Waals surface area contributed by atoms with Crippen LogP contribution in [-0.2, 0) is 4.74 Å². The number of nitrogen functional groups attached to an aromatic ring is 1. The Balaban J connectivity index is 1.82. The molecule has 0 radical (unpaired) electrons. The van der Waals surface area contributed by atoms with Gasteiger partial charge in [-0.05, 0) is 24.6 Å². The van der Waals surface area contributed by atoms with Crippen molar-refractivity contribution >= 4 is 28.5 Å². The van der Waals surface area contributed by atoms with Crippen LogP contribution >= 0.6 is 11.6 Å². The average molecular weight is 332 g/mol. The van der Waals surface area contributed by atoms with Gasteiger partial charge in [-0.1, -0.05) is 17.7 Å². The maximum Gasteiger partial charge on any atom is 0.251 e. The summed E-state index contributed by atoms with van der Waals surface area (Å²) >= 11 is 6.00. The molecule has 0 aliphatic carbocycles. The lowest BCUT2D eigenvalue weighted by molar-refractivity contribution is 0.185. The highest BCUT2D eigenvalue weighted by Gasteiger charge is 2.25. The molecule has 0 amide bonds. The van der Waals surface area contributed by atoms with E-state index in [1.54, 1.807) is 22.9 Å². The summed E-state index contributed by atoms with van der Waals surface area (Å²) in [7, 11) is 0. The van der Waals surface area contributed by atoms with E-state index < -0.39 is 0 Å². The molecule has 1 aromatic carbocycles. The number of nitrogens with two attached hydrogens (primary N) is 1. The van der Waals surface area contributed by atoms with Crippen LogP contribution in [0, 0.1) is 0 Å². The number of hydrogen-bond donors (Lipinski definition) is 1. The SMILES string of the molecule is Nc1ncnc2c1c(Oc1cccc(Cl)c1)nn2C1CCOC1. The highest BCUT2D eigenvalue weighted by molar-refractivity contribution is 6.30. The zero-order valence-electron chi connectivity index (χ0n) is 12.1. The van der Waals surface area contributed by atoms with Crippen molar-refractivity contribution < 1.29 is 9.47 Å². The van der Waals surface area contributed by atoms with Gasteiger partial charge in [0.15, 0.2) is 5.65 Å². The molecule has 4 rings (SSSR count). The minimum atomic E-state index is 0.114. The predicted molar refractivity (Wildman–Crippen MR) is 85.7 cm³/mol. The molecule has 0 spiro atoms. The van der Waals surface area contributed by atoms with Crippen molar-refractivity contribution in [2.24, 2.45) is 0 Å². The maximum atomic E-state index is 6.01. The first-order chi connectivity index (χ1) is 11.2. The molecule has 1 atom stereocenters. The van der Waals surface area contributed by atoms with E-state index in [2.05, 4.69) is 15.1 Å². The van der Waals surface area contributed by atoms with Crippen molar-refractivity contribution in [2.75, 3.05) is 18.9 Å². The van der Waals surface area contributed by atoms with Crippen molar-refractivity contribution in [3.8, 4) is 11.6 Å². The largest absolute Gasteiger partial charge is 0.437 e. The van der Waals surface area contributed by atoms with Gasteiger partial charge in [-0.15, -0.1) is 5.10 Å². The third kappa shape index (κ3) is 2.58. The summed E-state index contributed by atoms with van der Waals surface area (Å²) in [5, 5.41) is 5.73. The van der Waals surface area contributed by atoms with Crippen LogP contribution in [0.5, 0.6) is 11.6 Å². The highest BCUT2D eigenvalue weighted by atomic mass is 35.5. The molecule has 2 aromatic heterocycles. The van der Waals surface area contributed by atoms with Crippen LogP contribution in [0.3, 0.4) is 0 Å². The molecule has 1 aliphatic heterocycles. The first-order valence-electron chi connectivity index (χ1n) is 7.22. The Bertz CT molecular complexity index is 860. The van der Waals surface area contributed by atoms with Gasteiger partial charge in [-0.25, -0.2) is 14.6 Å². The quantitative estimate of drug-likeness (QED) is 0.794. The number of benzene rings is 1. The van der Waals surface area contributed by atoms with Crippen LogP contribution < -0.4 is 10.5 Å². The number of aromatic nitrogens is 4. The van der Waals surface area contributed by atoms with Gasteiger partial charge in [0.1, 0.15) is 23.3 Å². The first kappa shape index (κ1) is 14.2. The molecule has 1 fully saturated rings. The number of rotatable bonds is 3. The first-order valence-corrected chi connectivity index (χ1v) is 7.60. The minimum absolute atomic E-state index is 0.114. The Morgan fingerprint density at radius 3 is 3.04 bits per heavy atom. The van der Waals surface area contributed by atoms with E-state index in [4.69, 9.17) is 26.8 Å². The van der Waals surface area contributed by atoms with Gasteiger partial charge in [-0.3, -0.25) is 0 Å². The summed E-state index contributed by atoms with van der Waals surface area (Å²) in [6.07, 6.45) is 2.30. The summed E-state index contributed by atoms with van der Waals surface area (Å²) in [6, 6.07) is 7.21. The van der Waals surface area contributed by atoms with Crippen molar-refractivity contribution in [2.45, 2.75) is 12.5 Å². The number of ether oxygens (including phenoxy) is 2.